The summed E-state index contributed by atoms with van der Waals surface area (Å²) in [6.45, 7) is -0.355. The first-order valence-electron chi connectivity index (χ1n) is 9.84. The Balaban J connectivity index is 1.63. The number of amides is 1. The zero-order chi connectivity index (χ0) is 24.9. The van der Waals surface area contributed by atoms with E-state index >= 15 is 0 Å². The first-order chi connectivity index (χ1) is 15.9. The van der Waals surface area contributed by atoms with Gasteiger partial charge in [0.25, 0.3) is 5.91 Å². The molecular formula is C23H20ClF3N2O4S. The van der Waals surface area contributed by atoms with Crippen molar-refractivity contribution >= 4 is 38.9 Å². The van der Waals surface area contributed by atoms with Gasteiger partial charge in [-0.25, -0.2) is 8.42 Å². The summed E-state index contributed by atoms with van der Waals surface area (Å²) < 4.78 is 69.6. The van der Waals surface area contributed by atoms with Crippen LogP contribution < -0.4 is 14.4 Å². The molecule has 0 aliphatic carbocycles. The zero-order valence-electron chi connectivity index (χ0n) is 17.8. The van der Waals surface area contributed by atoms with Crippen molar-refractivity contribution in [3.63, 3.8) is 0 Å². The highest BCUT2D eigenvalue weighted by atomic mass is 35.5. The Morgan fingerprint density at radius 1 is 1.03 bits per heavy atom. The summed E-state index contributed by atoms with van der Waals surface area (Å²) in [5, 5.41) is 2.88. The van der Waals surface area contributed by atoms with Crippen LogP contribution in [0.4, 0.5) is 24.5 Å². The second-order valence-corrected chi connectivity index (χ2v) is 9.65. The van der Waals surface area contributed by atoms with E-state index in [0.717, 1.165) is 24.0 Å². The maximum atomic E-state index is 12.8. The fraction of sp³-hybridized carbons (Fsp3) is 0.174. The quantitative estimate of drug-likeness (QED) is 0.442. The number of nitrogens with zero attached hydrogens (tertiary/aromatic N) is 1. The molecule has 0 unspecified atom stereocenters. The molecule has 0 aromatic heterocycles. The van der Waals surface area contributed by atoms with Crippen LogP contribution in [0, 0.1) is 0 Å². The van der Waals surface area contributed by atoms with Crippen LogP contribution in [0.2, 0.25) is 5.02 Å². The molecule has 0 bridgehead atoms. The number of halogens is 4. The van der Waals surface area contributed by atoms with Gasteiger partial charge in [0, 0.05) is 10.7 Å². The molecule has 1 N–H and O–H groups in total. The summed E-state index contributed by atoms with van der Waals surface area (Å²) in [5.74, 6) is -0.369. The number of hydrogen-bond donors (Lipinski definition) is 1. The Morgan fingerprint density at radius 3 is 2.26 bits per heavy atom. The van der Waals surface area contributed by atoms with Crippen LogP contribution in [-0.4, -0.2) is 27.2 Å². The van der Waals surface area contributed by atoms with E-state index in [9.17, 15) is 26.4 Å². The molecule has 0 aliphatic rings. The first kappa shape index (κ1) is 25.4. The Hall–Kier alpha value is -3.24. The molecule has 0 aliphatic heterocycles. The lowest BCUT2D eigenvalue weighted by Gasteiger charge is -2.23. The number of anilines is 2. The summed E-state index contributed by atoms with van der Waals surface area (Å²) in [4.78, 5) is 12.1. The Kier molecular flexibility index (Phi) is 7.73. The van der Waals surface area contributed by atoms with Crippen LogP contribution in [0.15, 0.2) is 72.8 Å². The second kappa shape index (κ2) is 10.4. The van der Waals surface area contributed by atoms with Gasteiger partial charge in [0.15, 0.2) is 6.61 Å². The van der Waals surface area contributed by atoms with E-state index in [2.05, 4.69) is 5.32 Å². The SMILES string of the molecule is CS(=O)(=O)N(Cc1ccc(Cl)cc1)c1ccc(OCC(=O)Nc2cccc(C(F)(F)F)c2)cc1. The van der Waals surface area contributed by atoms with Crippen molar-refractivity contribution in [1.82, 2.24) is 0 Å². The van der Waals surface area contributed by atoms with E-state index in [4.69, 9.17) is 16.3 Å². The predicted octanol–water partition coefficient (Wildman–Crippen LogP) is 5.34. The summed E-state index contributed by atoms with van der Waals surface area (Å²) in [5.41, 5.74) is 0.236. The maximum Gasteiger partial charge on any atom is 0.416 e. The van der Waals surface area contributed by atoms with Crippen LogP contribution >= 0.6 is 11.6 Å². The molecule has 0 heterocycles. The van der Waals surface area contributed by atoms with E-state index in [1.54, 1.807) is 24.3 Å². The number of ether oxygens (including phenoxy) is 1. The molecule has 0 atom stereocenters. The van der Waals surface area contributed by atoms with Crippen LogP contribution in [0.25, 0.3) is 0 Å². The highest BCUT2D eigenvalue weighted by molar-refractivity contribution is 7.92. The van der Waals surface area contributed by atoms with Gasteiger partial charge in [-0.3, -0.25) is 9.10 Å². The molecule has 0 spiro atoms. The van der Waals surface area contributed by atoms with Gasteiger partial charge in [0.1, 0.15) is 5.75 Å². The highest BCUT2D eigenvalue weighted by Gasteiger charge is 2.30. The third-order valence-corrected chi connectivity index (χ3v) is 6.00. The molecule has 11 heteroatoms. The molecule has 3 rings (SSSR count). The normalized spacial score (nSPS) is 11.7. The third kappa shape index (κ3) is 7.13. The lowest BCUT2D eigenvalue weighted by molar-refractivity contribution is -0.137. The van der Waals surface area contributed by atoms with Crippen molar-refractivity contribution in [1.29, 1.82) is 0 Å². The van der Waals surface area contributed by atoms with Crippen LogP contribution in [0.3, 0.4) is 0 Å². The number of alkyl halides is 3. The van der Waals surface area contributed by atoms with Gasteiger partial charge in [-0.2, -0.15) is 13.2 Å². The largest absolute Gasteiger partial charge is 0.484 e. The van der Waals surface area contributed by atoms with Crippen molar-refractivity contribution in [2.24, 2.45) is 0 Å². The molecule has 3 aromatic carbocycles. The smallest absolute Gasteiger partial charge is 0.416 e. The first-order valence-corrected chi connectivity index (χ1v) is 12.1. The number of sulfonamides is 1. The average Bonchev–Trinajstić information content (AvgIpc) is 2.76. The Bertz CT molecular complexity index is 1250. The molecule has 0 radical (unpaired) electrons. The van der Waals surface area contributed by atoms with Gasteiger partial charge < -0.3 is 10.1 Å². The predicted molar refractivity (Wildman–Crippen MR) is 124 cm³/mol. The minimum absolute atomic E-state index is 0.00948. The number of nitrogens with one attached hydrogen (secondary N) is 1. The minimum atomic E-state index is -4.52. The van der Waals surface area contributed by atoms with Crippen molar-refractivity contribution in [3.8, 4) is 5.75 Å². The topological polar surface area (TPSA) is 75.7 Å². The van der Waals surface area contributed by atoms with Gasteiger partial charge >= 0.3 is 6.18 Å². The van der Waals surface area contributed by atoms with Crippen molar-refractivity contribution < 1.29 is 31.1 Å². The van der Waals surface area contributed by atoms with E-state index in [1.807, 2.05) is 0 Å². The molecule has 3 aromatic rings. The van der Waals surface area contributed by atoms with E-state index in [0.29, 0.717) is 10.7 Å². The van der Waals surface area contributed by atoms with Gasteiger partial charge in [0.05, 0.1) is 24.1 Å². The monoisotopic (exact) mass is 512 g/mol. The molecule has 0 saturated carbocycles. The van der Waals surface area contributed by atoms with E-state index in [-0.39, 0.29) is 18.0 Å². The molecule has 0 saturated heterocycles. The van der Waals surface area contributed by atoms with Crippen molar-refractivity contribution in [2.75, 3.05) is 22.5 Å². The number of carbonyl (C=O) groups is 1. The fourth-order valence-electron chi connectivity index (χ4n) is 2.98. The lowest BCUT2D eigenvalue weighted by atomic mass is 10.2. The van der Waals surface area contributed by atoms with Crippen LogP contribution in [0.5, 0.6) is 5.75 Å². The molecular weight excluding hydrogens is 493 g/mol. The van der Waals surface area contributed by atoms with Crippen molar-refractivity contribution in [2.45, 2.75) is 12.7 Å². The summed E-state index contributed by atoms with van der Waals surface area (Å²) in [6.07, 6.45) is -3.43. The zero-order valence-corrected chi connectivity index (χ0v) is 19.4. The molecule has 34 heavy (non-hydrogen) atoms. The Labute approximate surface area is 200 Å². The average molecular weight is 513 g/mol. The lowest BCUT2D eigenvalue weighted by Crippen LogP contribution is -2.29. The Morgan fingerprint density at radius 2 is 1.68 bits per heavy atom. The third-order valence-electron chi connectivity index (χ3n) is 4.61. The number of benzene rings is 3. The molecule has 0 fully saturated rings. The molecule has 180 valence electrons. The fourth-order valence-corrected chi connectivity index (χ4v) is 4.00. The number of rotatable bonds is 8. The van der Waals surface area contributed by atoms with E-state index < -0.39 is 34.3 Å². The summed E-state index contributed by atoms with van der Waals surface area (Å²) >= 11 is 5.88. The van der Waals surface area contributed by atoms with Crippen LogP contribution in [-0.2, 0) is 27.5 Å². The minimum Gasteiger partial charge on any atom is -0.484 e. The van der Waals surface area contributed by atoms with Gasteiger partial charge in [-0.1, -0.05) is 29.8 Å². The van der Waals surface area contributed by atoms with Crippen LogP contribution in [0.1, 0.15) is 11.1 Å². The number of carbonyl (C=O) groups excluding carboxylic acids is 1. The van der Waals surface area contributed by atoms with Crippen molar-refractivity contribution in [3.05, 3.63) is 88.9 Å². The standard InChI is InChI=1S/C23H20ClF3N2O4S/c1-34(31,32)29(14-16-5-7-18(24)8-6-16)20-9-11-21(12-10-20)33-15-22(30)28-19-4-2-3-17(13-19)23(25,26)27/h2-13H,14-15H2,1H3,(H,28,30). The maximum absolute atomic E-state index is 12.8. The molecule has 6 nitrogen and oxygen atoms in total. The number of hydrogen-bond acceptors (Lipinski definition) is 4. The second-order valence-electron chi connectivity index (χ2n) is 7.31. The van der Waals surface area contributed by atoms with E-state index in [1.165, 1.54) is 40.7 Å². The highest BCUT2D eigenvalue weighted by Crippen LogP contribution is 2.30. The summed E-state index contributed by atoms with van der Waals surface area (Å²) in [7, 11) is -3.60. The van der Waals surface area contributed by atoms with Gasteiger partial charge in [-0.15, -0.1) is 0 Å². The summed E-state index contributed by atoms with van der Waals surface area (Å²) in [6, 6.07) is 17.1. The molecule has 1 amide bonds. The van der Waals surface area contributed by atoms with Gasteiger partial charge in [-0.05, 0) is 60.2 Å². The van der Waals surface area contributed by atoms with Gasteiger partial charge in [0.2, 0.25) is 10.0 Å².